The van der Waals surface area contributed by atoms with E-state index in [1.54, 1.807) is 18.3 Å². The number of allylic oxidation sites excluding steroid dienone is 4. The van der Waals surface area contributed by atoms with E-state index in [1.165, 1.54) is 5.57 Å². The van der Waals surface area contributed by atoms with Crippen molar-refractivity contribution < 1.29 is 20.6 Å². The molecule has 0 aromatic heterocycles. The van der Waals surface area contributed by atoms with E-state index >= 15 is 0 Å². The van der Waals surface area contributed by atoms with Gasteiger partial charge in [-0.25, -0.2) is 0 Å². The van der Waals surface area contributed by atoms with Gasteiger partial charge in [-0.1, -0.05) is 0 Å². The summed E-state index contributed by atoms with van der Waals surface area (Å²) in [6.07, 6.45) is -1.33. The normalized spacial score (nSPS) is 22.8. The summed E-state index contributed by atoms with van der Waals surface area (Å²) in [4.78, 5) is 3.84. The van der Waals surface area contributed by atoms with Crippen LogP contribution in [0.5, 0.6) is 0 Å². The molecular weight excluding hydrogens is 298 g/mol. The van der Waals surface area contributed by atoms with E-state index in [-0.39, 0.29) is 6.23 Å². The fourth-order valence-electron chi connectivity index (χ4n) is 3.46. The van der Waals surface area contributed by atoms with Crippen molar-refractivity contribution >= 4 is 6.10 Å². The number of nitrogens with one attached hydrogen (secondary N) is 1. The van der Waals surface area contributed by atoms with Crippen LogP contribution < -0.4 is 4.98 Å². The van der Waals surface area contributed by atoms with Crippen molar-refractivity contribution in [2.75, 3.05) is 7.11 Å². The first-order chi connectivity index (χ1) is 8.97. The van der Waals surface area contributed by atoms with Gasteiger partial charge in [0.1, 0.15) is 0 Å². The van der Waals surface area contributed by atoms with Gasteiger partial charge in [-0.2, -0.15) is 0 Å². The second-order valence-corrected chi connectivity index (χ2v) is 27.8. The maximum absolute atomic E-state index is 5.47. The first kappa shape index (κ1) is 18.4. The molecule has 0 radical (unpaired) electrons. The van der Waals surface area contributed by atoms with Crippen LogP contribution in [0.3, 0.4) is 0 Å². The van der Waals surface area contributed by atoms with Crippen LogP contribution in [-0.2, 0) is 20.6 Å². The number of rotatable bonds is 5. The summed E-state index contributed by atoms with van der Waals surface area (Å²) in [6.45, 7) is 16.5. The Morgan fingerprint density at radius 2 is 1.65 bits per heavy atom. The van der Waals surface area contributed by atoms with Crippen molar-refractivity contribution in [2.24, 2.45) is 5.92 Å². The molecule has 1 N–H and O–H groups in total. The third-order valence-corrected chi connectivity index (χ3v) is 29.8. The standard InChI is InChI=1S/C9H13.C5H14NOSi.2CH3.Ti/c1-6-5-7(2)9(4)8(6)3;1-5(7-2)6-8(3)4;;;/h6H,1-4H3;5-6H,1-4H3;2*1H3;. The molecule has 0 fully saturated rings. The topological polar surface area (TPSA) is 21.3 Å². The molecule has 0 amide bonds. The van der Waals surface area contributed by atoms with Crippen LogP contribution in [0.1, 0.15) is 34.6 Å². The van der Waals surface area contributed by atoms with Crippen LogP contribution in [0.15, 0.2) is 20.6 Å². The second-order valence-electron chi connectivity index (χ2n) is 7.34. The van der Waals surface area contributed by atoms with E-state index < -0.39 is 21.9 Å². The van der Waals surface area contributed by atoms with Gasteiger partial charge in [-0.3, -0.25) is 0 Å². The van der Waals surface area contributed by atoms with E-state index in [9.17, 15) is 0 Å². The molecule has 0 spiro atoms. The molecule has 2 unspecified atom stereocenters. The Hall–Kier alpha value is 0.331. The van der Waals surface area contributed by atoms with Gasteiger partial charge in [-0.15, -0.1) is 0 Å². The Morgan fingerprint density at radius 3 is 2.00 bits per heavy atom. The van der Waals surface area contributed by atoms with E-state index in [4.69, 9.17) is 4.74 Å². The number of methoxy groups -OCH3 is 1. The zero-order valence-electron chi connectivity index (χ0n) is 15.1. The monoisotopic (exact) mass is 331 g/mol. The molecular formula is C16H33NOSiTi. The third kappa shape index (κ3) is 3.07. The number of hydrogen-bond donors (Lipinski definition) is 1. The van der Waals surface area contributed by atoms with E-state index in [2.05, 4.69) is 63.2 Å². The molecule has 20 heavy (non-hydrogen) atoms. The summed E-state index contributed by atoms with van der Waals surface area (Å²) in [5.41, 5.74) is 4.71. The van der Waals surface area contributed by atoms with Crippen molar-refractivity contribution in [1.82, 2.24) is 4.98 Å². The minimum atomic E-state index is -2.10. The summed E-state index contributed by atoms with van der Waals surface area (Å²) in [5.74, 6) is 0.649. The quantitative estimate of drug-likeness (QED) is 0.578. The molecule has 1 rings (SSSR count). The van der Waals surface area contributed by atoms with Crippen LogP contribution in [-0.4, -0.2) is 19.4 Å². The first-order valence-electron chi connectivity index (χ1n) is 7.66. The molecule has 0 aromatic rings. The minimum absolute atomic E-state index is 0.161. The van der Waals surface area contributed by atoms with Crippen molar-refractivity contribution in [3.63, 3.8) is 0 Å². The molecule has 0 saturated heterocycles. The number of ether oxygens (including phenoxy) is 1. The summed E-state index contributed by atoms with van der Waals surface area (Å²) in [6, 6.07) is 0. The van der Waals surface area contributed by atoms with Gasteiger partial charge >= 0.3 is 130 Å². The van der Waals surface area contributed by atoms with Gasteiger partial charge in [0.05, 0.1) is 0 Å². The number of hydrogen-bond acceptors (Lipinski definition) is 2. The van der Waals surface area contributed by atoms with Crippen molar-refractivity contribution in [3.8, 4) is 0 Å². The molecule has 116 valence electrons. The zero-order valence-corrected chi connectivity index (χ0v) is 17.6. The summed E-state index contributed by atoms with van der Waals surface area (Å²) in [7, 11) is 1.79. The van der Waals surface area contributed by atoms with Gasteiger partial charge in [0.15, 0.2) is 0 Å². The van der Waals surface area contributed by atoms with E-state index in [1.807, 2.05) is 3.88 Å². The SMILES string of the molecule is COC(C)N[Si](C)(C)[Ti]([CH3])([CH3])[C]1=C(C)C(C)=C(C)C1C. The summed E-state index contributed by atoms with van der Waals surface area (Å²) < 4.78 is 7.28. The maximum atomic E-state index is 5.47. The predicted octanol–water partition coefficient (Wildman–Crippen LogP) is 4.78. The fourth-order valence-corrected chi connectivity index (χ4v) is 16.9. The molecule has 0 bridgehead atoms. The van der Waals surface area contributed by atoms with E-state index in [0.717, 1.165) is 0 Å². The Bertz CT molecular complexity index is 451. The van der Waals surface area contributed by atoms with Gasteiger partial charge < -0.3 is 0 Å². The van der Waals surface area contributed by atoms with Crippen LogP contribution in [0.2, 0.25) is 23.6 Å². The van der Waals surface area contributed by atoms with Gasteiger partial charge in [0.25, 0.3) is 0 Å². The van der Waals surface area contributed by atoms with Crippen molar-refractivity contribution in [2.45, 2.75) is 64.4 Å². The predicted molar refractivity (Wildman–Crippen MR) is 89.1 cm³/mol. The van der Waals surface area contributed by atoms with Crippen molar-refractivity contribution in [1.29, 1.82) is 0 Å². The second kappa shape index (κ2) is 6.21. The van der Waals surface area contributed by atoms with Crippen LogP contribution in [0.25, 0.3) is 0 Å². The molecule has 0 aliphatic heterocycles. The molecule has 1 aliphatic rings. The van der Waals surface area contributed by atoms with E-state index in [0.29, 0.717) is 5.92 Å². The third-order valence-electron chi connectivity index (χ3n) is 5.79. The zero-order chi connectivity index (χ0) is 15.9. The summed E-state index contributed by atoms with van der Waals surface area (Å²) >= 11 is -2.10. The molecule has 1 aliphatic carbocycles. The van der Waals surface area contributed by atoms with Gasteiger partial charge in [0.2, 0.25) is 0 Å². The molecule has 2 atom stereocenters. The van der Waals surface area contributed by atoms with Gasteiger partial charge in [-0.05, 0) is 0 Å². The van der Waals surface area contributed by atoms with Gasteiger partial charge in [0, 0.05) is 0 Å². The molecule has 0 heterocycles. The van der Waals surface area contributed by atoms with Crippen molar-refractivity contribution in [3.05, 3.63) is 20.6 Å². The Morgan fingerprint density at radius 1 is 1.15 bits per heavy atom. The molecule has 0 saturated carbocycles. The molecule has 2 nitrogen and oxygen atoms in total. The van der Waals surface area contributed by atoms with Crippen LogP contribution in [0.4, 0.5) is 0 Å². The Balaban J connectivity index is 3.18. The van der Waals surface area contributed by atoms with Crippen LogP contribution in [0, 0.1) is 5.92 Å². The van der Waals surface area contributed by atoms with Crippen LogP contribution >= 0.6 is 0 Å². The Labute approximate surface area is 129 Å². The average Bonchev–Trinajstić information content (AvgIpc) is 2.53. The Kier molecular flexibility index (Phi) is 5.71. The summed E-state index contributed by atoms with van der Waals surface area (Å²) in [5, 5.41) is 5.20. The average molecular weight is 331 g/mol. The fraction of sp³-hybridized carbons (Fsp3) is 0.750. The molecule has 0 aromatic carbocycles. The molecule has 4 heteroatoms. The first-order valence-corrected chi connectivity index (χ1v) is 16.9.